The highest BCUT2D eigenvalue weighted by Gasteiger charge is 2.29. The average Bonchev–Trinajstić information content (AvgIpc) is 2.63. The lowest BCUT2D eigenvalue weighted by Gasteiger charge is -2.06. The van der Waals surface area contributed by atoms with Crippen LogP contribution in [0.15, 0.2) is 58.8 Å². The second kappa shape index (κ2) is 10.2. The third kappa shape index (κ3) is 7.07. The second-order valence-corrected chi connectivity index (χ2v) is 6.17. The molecule has 3 nitrogen and oxygen atoms in total. The van der Waals surface area contributed by atoms with Gasteiger partial charge in [0.2, 0.25) is 0 Å². The summed E-state index contributed by atoms with van der Waals surface area (Å²) in [4.78, 5) is 0. The van der Waals surface area contributed by atoms with E-state index in [9.17, 15) is 13.2 Å². The molecule has 2 aromatic rings. The van der Waals surface area contributed by atoms with Gasteiger partial charge in [0.15, 0.2) is 0 Å². The van der Waals surface area contributed by atoms with Gasteiger partial charge >= 0.3 is 6.18 Å². The SMILES string of the molecule is FC(F)(F)c1ccc(N=Nc2ccc(OCCCCCCS)cc2)cc1. The zero-order chi connectivity index (χ0) is 18.8. The van der Waals surface area contributed by atoms with Crippen molar-refractivity contribution in [1.29, 1.82) is 0 Å². The Balaban J connectivity index is 1.82. The summed E-state index contributed by atoms with van der Waals surface area (Å²) in [6.45, 7) is 0.666. The van der Waals surface area contributed by atoms with E-state index in [1.165, 1.54) is 12.1 Å². The number of unbranched alkanes of at least 4 members (excludes halogenated alkanes) is 3. The van der Waals surface area contributed by atoms with Crippen LogP contribution in [0.1, 0.15) is 31.2 Å². The van der Waals surface area contributed by atoms with E-state index in [1.54, 1.807) is 24.3 Å². The van der Waals surface area contributed by atoms with Gasteiger partial charge in [0.05, 0.1) is 23.5 Å². The van der Waals surface area contributed by atoms with Crippen molar-refractivity contribution in [2.75, 3.05) is 12.4 Å². The molecule has 0 radical (unpaired) electrons. The van der Waals surface area contributed by atoms with Crippen molar-refractivity contribution in [3.05, 3.63) is 54.1 Å². The predicted molar refractivity (Wildman–Crippen MR) is 99.9 cm³/mol. The Labute approximate surface area is 156 Å². The number of azo groups is 1. The zero-order valence-corrected chi connectivity index (χ0v) is 15.1. The number of benzene rings is 2. The molecule has 0 aliphatic rings. The molecule has 0 saturated carbocycles. The first-order valence-electron chi connectivity index (χ1n) is 8.42. The first kappa shape index (κ1) is 20.3. The van der Waals surface area contributed by atoms with Crippen molar-refractivity contribution >= 4 is 24.0 Å². The number of thiol groups is 1. The topological polar surface area (TPSA) is 34.0 Å². The summed E-state index contributed by atoms with van der Waals surface area (Å²) < 4.78 is 43.2. The van der Waals surface area contributed by atoms with Gasteiger partial charge < -0.3 is 4.74 Å². The van der Waals surface area contributed by atoms with Crippen LogP contribution in [-0.2, 0) is 6.18 Å². The van der Waals surface area contributed by atoms with Crippen LogP contribution in [0.4, 0.5) is 24.5 Å². The van der Waals surface area contributed by atoms with E-state index in [2.05, 4.69) is 22.9 Å². The molecule has 140 valence electrons. The highest BCUT2D eigenvalue weighted by Crippen LogP contribution is 2.30. The quantitative estimate of drug-likeness (QED) is 0.283. The summed E-state index contributed by atoms with van der Waals surface area (Å²) in [6.07, 6.45) is 0.0686. The van der Waals surface area contributed by atoms with Crippen LogP contribution in [-0.4, -0.2) is 12.4 Å². The van der Waals surface area contributed by atoms with Crippen molar-refractivity contribution < 1.29 is 17.9 Å². The third-order valence-electron chi connectivity index (χ3n) is 3.63. The first-order valence-corrected chi connectivity index (χ1v) is 9.05. The number of hydrogen-bond donors (Lipinski definition) is 1. The van der Waals surface area contributed by atoms with Gasteiger partial charge in [-0.05, 0) is 67.1 Å². The Morgan fingerprint density at radius 1 is 0.769 bits per heavy atom. The van der Waals surface area contributed by atoms with Crippen molar-refractivity contribution in [3.8, 4) is 5.75 Å². The summed E-state index contributed by atoms with van der Waals surface area (Å²) >= 11 is 4.18. The summed E-state index contributed by atoms with van der Waals surface area (Å²) in [5.41, 5.74) is 0.258. The molecular formula is C19H21F3N2OS. The summed E-state index contributed by atoms with van der Waals surface area (Å²) in [6, 6.07) is 11.7. The number of alkyl halides is 3. The number of hydrogen-bond acceptors (Lipinski definition) is 4. The lowest BCUT2D eigenvalue weighted by molar-refractivity contribution is -0.137. The van der Waals surface area contributed by atoms with Gasteiger partial charge in [-0.25, -0.2) is 0 Å². The van der Waals surface area contributed by atoms with E-state index in [4.69, 9.17) is 4.74 Å². The van der Waals surface area contributed by atoms with E-state index < -0.39 is 11.7 Å². The summed E-state index contributed by atoms with van der Waals surface area (Å²) in [7, 11) is 0. The monoisotopic (exact) mass is 382 g/mol. The Bertz CT molecular complexity index is 685. The largest absolute Gasteiger partial charge is 0.494 e. The van der Waals surface area contributed by atoms with Crippen molar-refractivity contribution in [2.24, 2.45) is 10.2 Å². The summed E-state index contributed by atoms with van der Waals surface area (Å²) in [5.74, 6) is 1.68. The molecule has 0 atom stereocenters. The van der Waals surface area contributed by atoms with Gasteiger partial charge in [-0.2, -0.15) is 36.0 Å². The van der Waals surface area contributed by atoms with E-state index in [0.717, 1.165) is 49.3 Å². The molecule has 0 bridgehead atoms. The molecule has 0 unspecified atom stereocenters. The molecule has 0 aliphatic carbocycles. The van der Waals surface area contributed by atoms with Crippen molar-refractivity contribution in [1.82, 2.24) is 0 Å². The summed E-state index contributed by atoms with van der Waals surface area (Å²) in [5, 5.41) is 7.96. The Morgan fingerprint density at radius 2 is 1.31 bits per heavy atom. The molecular weight excluding hydrogens is 361 g/mol. The Morgan fingerprint density at radius 3 is 1.85 bits per heavy atom. The maximum Gasteiger partial charge on any atom is 0.416 e. The van der Waals surface area contributed by atoms with Crippen LogP contribution < -0.4 is 4.74 Å². The molecule has 0 amide bonds. The molecule has 7 heteroatoms. The van der Waals surface area contributed by atoms with Gasteiger partial charge in [0.1, 0.15) is 5.75 Å². The number of halogens is 3. The first-order chi connectivity index (χ1) is 12.5. The predicted octanol–water partition coefficient (Wildman–Crippen LogP) is 6.99. The minimum atomic E-state index is -4.35. The van der Waals surface area contributed by atoms with Crippen molar-refractivity contribution in [3.63, 3.8) is 0 Å². The van der Waals surface area contributed by atoms with Gasteiger partial charge in [-0.1, -0.05) is 12.8 Å². The minimum absolute atomic E-state index is 0.361. The van der Waals surface area contributed by atoms with E-state index in [-0.39, 0.29) is 0 Å². The maximum absolute atomic E-state index is 12.5. The van der Waals surface area contributed by atoms with Gasteiger partial charge in [-0.15, -0.1) is 0 Å². The fraction of sp³-hybridized carbons (Fsp3) is 0.368. The highest BCUT2D eigenvalue weighted by molar-refractivity contribution is 7.80. The number of rotatable bonds is 9. The molecule has 0 aliphatic heterocycles. The van der Waals surface area contributed by atoms with Gasteiger partial charge in [0, 0.05) is 0 Å². The van der Waals surface area contributed by atoms with E-state index in [0.29, 0.717) is 18.0 Å². The molecule has 0 saturated heterocycles. The second-order valence-electron chi connectivity index (χ2n) is 5.72. The molecule has 2 aromatic carbocycles. The number of nitrogens with zero attached hydrogens (tertiary/aromatic N) is 2. The van der Waals surface area contributed by atoms with Gasteiger partial charge in [-0.3, -0.25) is 0 Å². The maximum atomic E-state index is 12.5. The lowest BCUT2D eigenvalue weighted by Crippen LogP contribution is -2.03. The normalized spacial score (nSPS) is 11.8. The molecule has 0 heterocycles. The minimum Gasteiger partial charge on any atom is -0.494 e. The number of ether oxygens (including phenoxy) is 1. The van der Waals surface area contributed by atoms with Crippen LogP contribution in [0.2, 0.25) is 0 Å². The Hall–Kier alpha value is -2.02. The molecule has 0 fully saturated rings. The van der Waals surface area contributed by atoms with Crippen molar-refractivity contribution in [2.45, 2.75) is 31.9 Å². The smallest absolute Gasteiger partial charge is 0.416 e. The van der Waals surface area contributed by atoms with Crippen LogP contribution in [0.5, 0.6) is 5.75 Å². The van der Waals surface area contributed by atoms with Crippen LogP contribution >= 0.6 is 12.6 Å². The third-order valence-corrected chi connectivity index (χ3v) is 3.95. The fourth-order valence-corrected chi connectivity index (χ4v) is 2.42. The molecule has 0 spiro atoms. The van der Waals surface area contributed by atoms with Crippen LogP contribution in [0, 0.1) is 0 Å². The molecule has 2 rings (SSSR count). The molecule has 26 heavy (non-hydrogen) atoms. The average molecular weight is 382 g/mol. The van der Waals surface area contributed by atoms with Crippen LogP contribution in [0.3, 0.4) is 0 Å². The molecule has 0 aromatic heterocycles. The Kier molecular flexibility index (Phi) is 7.97. The highest BCUT2D eigenvalue weighted by atomic mass is 32.1. The molecule has 0 N–H and O–H groups in total. The fourth-order valence-electron chi connectivity index (χ4n) is 2.20. The lowest BCUT2D eigenvalue weighted by atomic mass is 10.2. The van der Waals surface area contributed by atoms with Gasteiger partial charge in [0.25, 0.3) is 0 Å². The van der Waals surface area contributed by atoms with E-state index in [1.807, 2.05) is 0 Å². The standard InChI is InChI=1S/C19H21F3N2OS/c20-19(21,22)15-5-7-16(8-6-15)23-24-17-9-11-18(12-10-17)25-13-3-1-2-4-14-26/h5-12,26H,1-4,13-14H2. The van der Waals surface area contributed by atoms with E-state index >= 15 is 0 Å². The zero-order valence-electron chi connectivity index (χ0n) is 14.2. The van der Waals surface area contributed by atoms with Crippen LogP contribution in [0.25, 0.3) is 0 Å².